The van der Waals surface area contributed by atoms with Crippen LogP contribution in [0.3, 0.4) is 0 Å². The molecule has 3 N–H and O–H groups in total. The molecule has 5 nitrogen and oxygen atoms in total. The minimum Gasteiger partial charge on any atom is -0.323 e. The van der Waals surface area contributed by atoms with Gasteiger partial charge in [0.05, 0.1) is 11.3 Å². The number of nitrogens with one attached hydrogen (secondary N) is 3. The number of hydrazine groups is 1. The van der Waals surface area contributed by atoms with Crippen LogP contribution >= 0.6 is 11.6 Å². The number of nitrogens with zero attached hydrogens (tertiary/aromatic N) is 1. The van der Waals surface area contributed by atoms with Crippen molar-refractivity contribution in [3.8, 4) is 6.07 Å². The highest BCUT2D eigenvalue weighted by Gasteiger charge is 2.30. The van der Waals surface area contributed by atoms with Crippen molar-refractivity contribution in [1.29, 1.82) is 5.26 Å². The van der Waals surface area contributed by atoms with Gasteiger partial charge in [0.1, 0.15) is 12.1 Å². The van der Waals surface area contributed by atoms with Crippen molar-refractivity contribution in [2.75, 3.05) is 5.32 Å². The van der Waals surface area contributed by atoms with Crippen LogP contribution < -0.4 is 16.2 Å². The number of carbonyl (C=O) groups excluding carboxylic acids is 1. The Labute approximate surface area is 139 Å². The first kappa shape index (κ1) is 15.5. The highest BCUT2D eigenvalue weighted by molar-refractivity contribution is 6.30. The zero-order chi connectivity index (χ0) is 16.2. The number of anilines is 1. The van der Waals surface area contributed by atoms with E-state index in [4.69, 9.17) is 16.9 Å². The molecule has 0 bridgehead atoms. The molecule has 1 saturated heterocycles. The molecule has 1 amide bonds. The summed E-state index contributed by atoms with van der Waals surface area (Å²) in [4.78, 5) is 12.4. The molecule has 2 atom stereocenters. The Bertz CT molecular complexity index is 771. The molecule has 6 heteroatoms. The number of hydrogen-bond acceptors (Lipinski definition) is 4. The van der Waals surface area contributed by atoms with Gasteiger partial charge in [-0.05, 0) is 36.2 Å². The van der Waals surface area contributed by atoms with Crippen LogP contribution in [0.5, 0.6) is 0 Å². The van der Waals surface area contributed by atoms with E-state index in [1.807, 2.05) is 24.3 Å². The van der Waals surface area contributed by atoms with E-state index in [1.54, 1.807) is 24.3 Å². The number of hydrogen-bond donors (Lipinski definition) is 3. The largest absolute Gasteiger partial charge is 0.323 e. The van der Waals surface area contributed by atoms with Crippen LogP contribution in [0.15, 0.2) is 48.5 Å². The summed E-state index contributed by atoms with van der Waals surface area (Å²) in [6.07, 6.45) is 0.598. The molecule has 2 unspecified atom stereocenters. The third-order valence-corrected chi connectivity index (χ3v) is 4.01. The van der Waals surface area contributed by atoms with Crippen molar-refractivity contribution < 1.29 is 4.79 Å². The summed E-state index contributed by atoms with van der Waals surface area (Å²) in [5, 5.41) is 12.5. The smallest absolute Gasteiger partial charge is 0.242 e. The maximum atomic E-state index is 12.4. The summed E-state index contributed by atoms with van der Waals surface area (Å²) in [5.74, 6) is -0.176. The first-order valence-electron chi connectivity index (χ1n) is 7.24. The van der Waals surface area contributed by atoms with Gasteiger partial charge >= 0.3 is 0 Å². The fourth-order valence-electron chi connectivity index (χ4n) is 2.58. The van der Waals surface area contributed by atoms with Crippen molar-refractivity contribution in [3.05, 3.63) is 64.7 Å². The van der Waals surface area contributed by atoms with Crippen molar-refractivity contribution in [2.45, 2.75) is 18.5 Å². The van der Waals surface area contributed by atoms with Crippen LogP contribution in [0.25, 0.3) is 0 Å². The second-order valence-electron chi connectivity index (χ2n) is 5.33. The second kappa shape index (κ2) is 6.80. The fourth-order valence-corrected chi connectivity index (χ4v) is 2.78. The summed E-state index contributed by atoms with van der Waals surface area (Å²) in [6, 6.07) is 16.2. The Hall–Kier alpha value is -2.39. The normalized spacial score (nSPS) is 20.0. The third-order valence-electron chi connectivity index (χ3n) is 3.78. The summed E-state index contributed by atoms with van der Waals surface area (Å²) in [6.45, 7) is 0. The zero-order valence-electron chi connectivity index (χ0n) is 12.2. The van der Waals surface area contributed by atoms with Gasteiger partial charge in [0.15, 0.2) is 0 Å². The van der Waals surface area contributed by atoms with Gasteiger partial charge in [0.25, 0.3) is 0 Å². The van der Waals surface area contributed by atoms with Crippen LogP contribution in [0.4, 0.5) is 5.69 Å². The summed E-state index contributed by atoms with van der Waals surface area (Å²) < 4.78 is 0. The average Bonchev–Trinajstić information content (AvgIpc) is 3.05. The van der Waals surface area contributed by atoms with Crippen LogP contribution in [-0.4, -0.2) is 11.9 Å². The maximum Gasteiger partial charge on any atom is 0.242 e. The number of halogens is 1. The Balaban J connectivity index is 1.67. The number of amides is 1. The standard InChI is InChI=1S/C17H15ClN4O/c18-13-6-3-5-11(8-13)15-9-16(22-21-15)17(23)20-14-7-2-1-4-12(14)10-19/h1-8,15-16,21-22H,9H2,(H,20,23). The van der Waals surface area contributed by atoms with Gasteiger partial charge in [-0.1, -0.05) is 35.9 Å². The van der Waals surface area contributed by atoms with Crippen LogP contribution in [-0.2, 0) is 4.79 Å². The molecule has 23 heavy (non-hydrogen) atoms. The summed E-state index contributed by atoms with van der Waals surface area (Å²) in [5.41, 5.74) is 8.09. The van der Waals surface area contributed by atoms with Gasteiger partial charge in [0, 0.05) is 11.1 Å². The Morgan fingerprint density at radius 2 is 2.04 bits per heavy atom. The Morgan fingerprint density at radius 1 is 1.22 bits per heavy atom. The van der Waals surface area contributed by atoms with E-state index in [0.29, 0.717) is 22.7 Å². The SMILES string of the molecule is N#Cc1ccccc1NC(=O)C1CC(c2cccc(Cl)c2)NN1. The molecule has 1 aliphatic rings. The van der Waals surface area contributed by atoms with Gasteiger partial charge < -0.3 is 5.32 Å². The van der Waals surface area contributed by atoms with Gasteiger partial charge in [-0.25, -0.2) is 10.9 Å². The molecule has 0 spiro atoms. The van der Waals surface area contributed by atoms with Crippen molar-refractivity contribution >= 4 is 23.2 Å². The van der Waals surface area contributed by atoms with E-state index in [1.165, 1.54) is 0 Å². The molecular formula is C17H15ClN4O. The number of rotatable bonds is 3. The lowest BCUT2D eigenvalue weighted by molar-refractivity contribution is -0.117. The monoisotopic (exact) mass is 326 g/mol. The lowest BCUT2D eigenvalue weighted by Crippen LogP contribution is -2.39. The number of carbonyl (C=O) groups is 1. The molecule has 3 rings (SSSR count). The van der Waals surface area contributed by atoms with Gasteiger partial charge in [-0.3, -0.25) is 4.79 Å². The highest BCUT2D eigenvalue weighted by atomic mass is 35.5. The van der Waals surface area contributed by atoms with Crippen LogP contribution in [0, 0.1) is 11.3 Å². The second-order valence-corrected chi connectivity index (χ2v) is 5.77. The molecule has 1 fully saturated rings. The molecule has 0 saturated carbocycles. The highest BCUT2D eigenvalue weighted by Crippen LogP contribution is 2.25. The molecule has 1 heterocycles. The van der Waals surface area contributed by atoms with Crippen molar-refractivity contribution in [3.63, 3.8) is 0 Å². The topological polar surface area (TPSA) is 77.0 Å². The quantitative estimate of drug-likeness (QED) is 0.810. The summed E-state index contributed by atoms with van der Waals surface area (Å²) in [7, 11) is 0. The zero-order valence-corrected chi connectivity index (χ0v) is 13.0. The van der Waals surface area contributed by atoms with E-state index >= 15 is 0 Å². The molecule has 0 aliphatic carbocycles. The van der Waals surface area contributed by atoms with E-state index in [-0.39, 0.29) is 18.0 Å². The predicted molar refractivity (Wildman–Crippen MR) is 88.7 cm³/mol. The number of benzene rings is 2. The van der Waals surface area contributed by atoms with Crippen molar-refractivity contribution in [2.24, 2.45) is 0 Å². The predicted octanol–water partition coefficient (Wildman–Crippen LogP) is 2.76. The van der Waals surface area contributed by atoms with Crippen LogP contribution in [0.2, 0.25) is 5.02 Å². The van der Waals surface area contributed by atoms with E-state index in [9.17, 15) is 4.79 Å². The Kier molecular flexibility index (Phi) is 4.58. The molecule has 0 aromatic heterocycles. The number of para-hydroxylation sites is 1. The molecule has 0 radical (unpaired) electrons. The van der Waals surface area contributed by atoms with E-state index in [2.05, 4.69) is 22.2 Å². The lowest BCUT2D eigenvalue weighted by Gasteiger charge is -2.11. The maximum absolute atomic E-state index is 12.4. The minimum absolute atomic E-state index is 0.00987. The van der Waals surface area contributed by atoms with Crippen LogP contribution in [0.1, 0.15) is 23.6 Å². The molecule has 1 aliphatic heterocycles. The molecule has 2 aromatic carbocycles. The van der Waals surface area contributed by atoms with Crippen molar-refractivity contribution in [1.82, 2.24) is 10.9 Å². The first-order chi connectivity index (χ1) is 11.2. The average molecular weight is 327 g/mol. The fraction of sp³-hybridized carbons (Fsp3) is 0.176. The van der Waals surface area contributed by atoms with Gasteiger partial charge in [-0.2, -0.15) is 5.26 Å². The van der Waals surface area contributed by atoms with Gasteiger partial charge in [0.2, 0.25) is 5.91 Å². The Morgan fingerprint density at radius 3 is 2.83 bits per heavy atom. The molecular weight excluding hydrogens is 312 g/mol. The van der Waals surface area contributed by atoms with E-state index < -0.39 is 0 Å². The lowest BCUT2D eigenvalue weighted by atomic mass is 10.0. The molecule has 2 aromatic rings. The third kappa shape index (κ3) is 3.51. The summed E-state index contributed by atoms with van der Waals surface area (Å²) >= 11 is 6.00. The first-order valence-corrected chi connectivity index (χ1v) is 7.61. The molecule has 116 valence electrons. The minimum atomic E-state index is -0.384. The van der Waals surface area contributed by atoms with Gasteiger partial charge in [-0.15, -0.1) is 0 Å². The number of nitriles is 1. The van der Waals surface area contributed by atoms with E-state index in [0.717, 1.165) is 5.56 Å².